The topological polar surface area (TPSA) is 122 Å². The average Bonchev–Trinajstić information content (AvgIpc) is 3.64. The third kappa shape index (κ3) is 6.72. The van der Waals surface area contributed by atoms with E-state index >= 15 is 0 Å². The molecule has 0 aliphatic rings. The molecule has 2 N–H and O–H groups in total. The van der Waals surface area contributed by atoms with Crippen LogP contribution in [0.5, 0.6) is 0 Å². The Morgan fingerprint density at radius 1 is 1.12 bits per heavy atom. The van der Waals surface area contributed by atoms with Gasteiger partial charge in [-0.25, -0.2) is 9.97 Å². The summed E-state index contributed by atoms with van der Waals surface area (Å²) in [6.07, 6.45) is 8.27. The number of amides is 1. The van der Waals surface area contributed by atoms with E-state index in [0.29, 0.717) is 29.4 Å². The van der Waals surface area contributed by atoms with Crippen LogP contribution in [-0.2, 0) is 16.7 Å². The van der Waals surface area contributed by atoms with Crippen molar-refractivity contribution < 1.29 is 9.53 Å². The fourth-order valence-electron chi connectivity index (χ4n) is 4.41. The normalized spacial score (nSPS) is 11.0. The van der Waals surface area contributed by atoms with Gasteiger partial charge in [0.15, 0.2) is 5.65 Å². The number of fused-ring (bicyclic) bond motifs is 1. The Bertz CT molecular complexity index is 1880. The molecule has 0 bridgehead atoms. The number of rotatable bonds is 9. The molecule has 0 unspecified atom stereocenters. The van der Waals surface area contributed by atoms with Crippen molar-refractivity contribution in [2.45, 2.75) is 39.2 Å². The summed E-state index contributed by atoms with van der Waals surface area (Å²) in [6, 6.07) is 16.8. The summed E-state index contributed by atoms with van der Waals surface area (Å²) in [4.78, 5) is 22.1. The number of nitrogens with zero attached hydrogens (tertiary/aromatic N) is 6. The van der Waals surface area contributed by atoms with Crippen molar-refractivity contribution in [3.63, 3.8) is 0 Å². The molecule has 5 aromatic rings. The van der Waals surface area contributed by atoms with E-state index in [-0.39, 0.29) is 5.91 Å². The van der Waals surface area contributed by atoms with Crippen LogP contribution in [0, 0.1) is 30.1 Å². The number of imidazole rings is 1. The van der Waals surface area contributed by atoms with E-state index in [4.69, 9.17) is 4.74 Å². The number of anilines is 3. The maximum Gasteiger partial charge on any atom is 0.256 e. The monoisotopic (exact) mass is 572 g/mol. The number of nitriles is 1. The van der Waals surface area contributed by atoms with Gasteiger partial charge in [-0.2, -0.15) is 10.4 Å². The molecule has 0 radical (unpaired) electrons. The van der Waals surface area contributed by atoms with Gasteiger partial charge in [-0.3, -0.25) is 13.9 Å². The van der Waals surface area contributed by atoms with Crippen molar-refractivity contribution in [3.8, 4) is 17.9 Å². The number of hydrogen-bond acceptors (Lipinski definition) is 7. The Morgan fingerprint density at radius 2 is 1.98 bits per heavy atom. The van der Waals surface area contributed by atoms with Gasteiger partial charge >= 0.3 is 0 Å². The third-order valence-electron chi connectivity index (χ3n) is 6.92. The molecule has 4 aromatic heterocycles. The largest absolute Gasteiger partial charge is 0.385 e. The lowest BCUT2D eigenvalue weighted by molar-refractivity contribution is 0.102. The second kappa shape index (κ2) is 12.6. The lowest BCUT2D eigenvalue weighted by Gasteiger charge is -2.15. The Hall–Kier alpha value is -5.45. The predicted octanol–water partition coefficient (Wildman–Crippen LogP) is 5.47. The zero-order valence-electron chi connectivity index (χ0n) is 24.5. The second-order valence-electron chi connectivity index (χ2n) is 10.6. The van der Waals surface area contributed by atoms with Gasteiger partial charge in [-0.05, 0) is 75.1 Å². The molecule has 5 rings (SSSR count). The number of benzene rings is 1. The van der Waals surface area contributed by atoms with E-state index in [9.17, 15) is 10.1 Å². The van der Waals surface area contributed by atoms with Crippen LogP contribution in [0.25, 0.3) is 5.65 Å². The second-order valence-corrected chi connectivity index (χ2v) is 10.6. The summed E-state index contributed by atoms with van der Waals surface area (Å²) in [5.41, 5.74) is 5.08. The summed E-state index contributed by atoms with van der Waals surface area (Å²) in [5, 5.41) is 20.1. The minimum atomic E-state index is -0.769. The van der Waals surface area contributed by atoms with Gasteiger partial charge in [-0.1, -0.05) is 18.1 Å². The van der Waals surface area contributed by atoms with Crippen molar-refractivity contribution in [1.29, 1.82) is 5.26 Å². The minimum Gasteiger partial charge on any atom is -0.385 e. The molecule has 216 valence electrons. The Kier molecular flexibility index (Phi) is 8.51. The zero-order valence-corrected chi connectivity index (χ0v) is 24.5. The van der Waals surface area contributed by atoms with E-state index in [0.717, 1.165) is 41.1 Å². The van der Waals surface area contributed by atoms with Crippen LogP contribution < -0.4 is 10.6 Å². The summed E-state index contributed by atoms with van der Waals surface area (Å²) < 4.78 is 8.92. The number of hydrogen-bond donors (Lipinski definition) is 2. The summed E-state index contributed by atoms with van der Waals surface area (Å²) in [6.45, 7) is 6.98. The first-order valence-electron chi connectivity index (χ1n) is 13.8. The molecular weight excluding hydrogens is 540 g/mol. The first-order valence-corrected chi connectivity index (χ1v) is 13.8. The molecule has 1 amide bonds. The van der Waals surface area contributed by atoms with E-state index in [1.807, 2.05) is 46.6 Å². The third-order valence-corrected chi connectivity index (χ3v) is 6.92. The number of methoxy groups -OCH3 is 1. The first-order chi connectivity index (χ1) is 20.8. The lowest BCUT2D eigenvalue weighted by atomic mass is 9.91. The van der Waals surface area contributed by atoms with Crippen molar-refractivity contribution >= 4 is 28.7 Å². The minimum absolute atomic E-state index is 0.310. The molecular formula is C33H32N8O2. The highest BCUT2D eigenvalue weighted by molar-refractivity contribution is 6.04. The van der Waals surface area contributed by atoms with Gasteiger partial charge in [0.05, 0.1) is 40.9 Å². The zero-order chi connectivity index (χ0) is 30.4. The smallest absolute Gasteiger partial charge is 0.256 e. The van der Waals surface area contributed by atoms with Crippen molar-refractivity contribution in [3.05, 3.63) is 101 Å². The molecule has 0 aliphatic heterocycles. The molecule has 0 atom stereocenters. The molecule has 0 saturated heterocycles. The molecule has 10 heteroatoms. The number of aryl methyl sites for hydroxylation is 2. The van der Waals surface area contributed by atoms with Crippen molar-refractivity contribution in [2.24, 2.45) is 0 Å². The van der Waals surface area contributed by atoms with Crippen LogP contribution in [0.15, 0.2) is 73.3 Å². The van der Waals surface area contributed by atoms with Crippen LogP contribution in [0.4, 0.5) is 17.2 Å². The highest BCUT2D eigenvalue weighted by Crippen LogP contribution is 2.23. The fraction of sp³-hybridized carbons (Fsp3) is 0.242. The van der Waals surface area contributed by atoms with E-state index < -0.39 is 5.41 Å². The molecule has 10 nitrogen and oxygen atoms in total. The molecule has 0 spiro atoms. The molecule has 4 heterocycles. The molecule has 0 saturated carbocycles. The SMILES string of the molecule is COCCCn1cc(Nc2cccn3c(C#Cc4cc(C(=O)Nc5cccc(C(C)(C)C#N)n5)ccc4C)cnc23)cn1. The van der Waals surface area contributed by atoms with Crippen LogP contribution in [0.3, 0.4) is 0 Å². The van der Waals surface area contributed by atoms with Gasteiger partial charge < -0.3 is 15.4 Å². The predicted molar refractivity (Wildman–Crippen MR) is 165 cm³/mol. The highest BCUT2D eigenvalue weighted by Gasteiger charge is 2.22. The van der Waals surface area contributed by atoms with E-state index in [2.05, 4.69) is 43.6 Å². The molecule has 0 fully saturated rings. The quantitative estimate of drug-likeness (QED) is 0.177. The number of carbonyl (C=O) groups excluding carboxylic acids is 1. The average molecular weight is 573 g/mol. The molecule has 0 aliphatic carbocycles. The standard InChI is InChI=1S/C33H32N8O2/c1-23-11-12-25(32(42)39-30-10-5-9-29(38-30)33(2,3)22-34)18-24(23)13-14-27-20-35-31-28(8-6-16-41(27)31)37-26-19-36-40(21-26)15-7-17-43-4/h5-6,8-12,16,18-21,37H,7,15,17H2,1-4H3,(H,38,39,42). The maximum atomic E-state index is 13.1. The summed E-state index contributed by atoms with van der Waals surface area (Å²) in [5.74, 6) is 6.50. The van der Waals surface area contributed by atoms with Gasteiger partial charge in [0.1, 0.15) is 11.5 Å². The fourth-order valence-corrected chi connectivity index (χ4v) is 4.41. The van der Waals surface area contributed by atoms with Crippen LogP contribution >= 0.6 is 0 Å². The van der Waals surface area contributed by atoms with Gasteiger partial charge in [0.25, 0.3) is 5.91 Å². The maximum absolute atomic E-state index is 13.1. The highest BCUT2D eigenvalue weighted by atomic mass is 16.5. The van der Waals surface area contributed by atoms with Gasteiger partial charge in [0.2, 0.25) is 0 Å². The number of carbonyl (C=O) groups is 1. The molecule has 1 aromatic carbocycles. The Labute approximate surface area is 250 Å². The van der Waals surface area contributed by atoms with Gasteiger partial charge in [-0.15, -0.1) is 0 Å². The summed E-state index contributed by atoms with van der Waals surface area (Å²) in [7, 11) is 1.69. The van der Waals surface area contributed by atoms with E-state index in [1.165, 1.54) is 0 Å². The lowest BCUT2D eigenvalue weighted by Crippen LogP contribution is -2.18. The first kappa shape index (κ1) is 29.1. The number of nitrogens with one attached hydrogen (secondary N) is 2. The van der Waals surface area contributed by atoms with Crippen molar-refractivity contribution in [2.75, 3.05) is 24.4 Å². The number of pyridine rings is 2. The van der Waals surface area contributed by atoms with Gasteiger partial charge in [0, 0.05) is 43.8 Å². The van der Waals surface area contributed by atoms with Crippen LogP contribution in [0.2, 0.25) is 0 Å². The number of aromatic nitrogens is 5. The van der Waals surface area contributed by atoms with Crippen LogP contribution in [0.1, 0.15) is 53.1 Å². The Balaban J connectivity index is 1.34. The molecule has 43 heavy (non-hydrogen) atoms. The number of ether oxygens (including phenoxy) is 1. The van der Waals surface area contributed by atoms with E-state index in [1.54, 1.807) is 63.7 Å². The summed E-state index contributed by atoms with van der Waals surface area (Å²) >= 11 is 0. The Morgan fingerprint density at radius 3 is 2.79 bits per heavy atom. The van der Waals surface area contributed by atoms with Crippen molar-refractivity contribution in [1.82, 2.24) is 24.1 Å². The van der Waals surface area contributed by atoms with Crippen LogP contribution in [-0.4, -0.2) is 43.8 Å².